The van der Waals surface area contributed by atoms with Gasteiger partial charge in [0, 0.05) is 18.1 Å². The number of aryl methyl sites for hydroxylation is 1. The van der Waals surface area contributed by atoms with Crippen LogP contribution in [0, 0.1) is 6.92 Å². The SMILES string of the molecule is C.Cc1ccncn1.O=C(O)c1ccncn1. The summed E-state index contributed by atoms with van der Waals surface area (Å²) in [6.45, 7) is 1.93. The van der Waals surface area contributed by atoms with Crippen molar-refractivity contribution < 1.29 is 9.90 Å². The fourth-order valence-electron chi connectivity index (χ4n) is 0.774. The molecule has 1 N–H and O–H groups in total. The molecule has 6 nitrogen and oxygen atoms in total. The lowest BCUT2D eigenvalue weighted by atomic mass is 10.4. The first-order valence-electron chi connectivity index (χ1n) is 4.42. The Balaban J connectivity index is 0.000000292. The maximum Gasteiger partial charge on any atom is 0.354 e. The number of aromatic nitrogens is 4. The molecular formula is C11H14N4O2. The minimum absolute atomic E-state index is 0. The second-order valence-electron chi connectivity index (χ2n) is 2.75. The lowest BCUT2D eigenvalue weighted by molar-refractivity contribution is 0.0690. The molecule has 6 heteroatoms. The van der Waals surface area contributed by atoms with E-state index >= 15 is 0 Å². The van der Waals surface area contributed by atoms with E-state index in [1.165, 1.54) is 24.9 Å². The molecule has 2 heterocycles. The molecule has 0 fully saturated rings. The highest BCUT2D eigenvalue weighted by Gasteiger charge is 1.99. The third-order valence-corrected chi connectivity index (χ3v) is 1.53. The van der Waals surface area contributed by atoms with Crippen molar-refractivity contribution in [3.63, 3.8) is 0 Å². The fraction of sp³-hybridized carbons (Fsp3) is 0.182. The van der Waals surface area contributed by atoms with Crippen molar-refractivity contribution in [2.24, 2.45) is 0 Å². The number of carboxylic acids is 1. The van der Waals surface area contributed by atoms with Gasteiger partial charge in [-0.05, 0) is 19.1 Å². The van der Waals surface area contributed by atoms with Crippen LogP contribution in [0.15, 0.2) is 37.2 Å². The van der Waals surface area contributed by atoms with E-state index in [0.29, 0.717) is 0 Å². The number of rotatable bonds is 1. The van der Waals surface area contributed by atoms with E-state index in [-0.39, 0.29) is 13.1 Å². The molecule has 0 unspecified atom stereocenters. The third kappa shape index (κ3) is 5.93. The summed E-state index contributed by atoms with van der Waals surface area (Å²) < 4.78 is 0. The smallest absolute Gasteiger partial charge is 0.354 e. The molecule has 0 amide bonds. The van der Waals surface area contributed by atoms with Crippen molar-refractivity contribution in [1.82, 2.24) is 19.9 Å². The highest BCUT2D eigenvalue weighted by atomic mass is 16.4. The second kappa shape index (κ2) is 7.86. The fourth-order valence-corrected chi connectivity index (χ4v) is 0.774. The molecule has 0 aromatic carbocycles. The van der Waals surface area contributed by atoms with Gasteiger partial charge in [-0.1, -0.05) is 7.43 Å². The molecule has 2 aromatic heterocycles. The normalized spacial score (nSPS) is 8.29. The van der Waals surface area contributed by atoms with Gasteiger partial charge >= 0.3 is 5.97 Å². The molecule has 0 aliphatic heterocycles. The maximum atomic E-state index is 10.1. The molecule has 0 spiro atoms. The van der Waals surface area contributed by atoms with Crippen molar-refractivity contribution in [2.75, 3.05) is 0 Å². The van der Waals surface area contributed by atoms with Crippen molar-refractivity contribution in [2.45, 2.75) is 14.4 Å². The summed E-state index contributed by atoms with van der Waals surface area (Å²) in [5.74, 6) is -1.03. The van der Waals surface area contributed by atoms with Crippen LogP contribution in [-0.4, -0.2) is 31.0 Å². The van der Waals surface area contributed by atoms with E-state index in [2.05, 4.69) is 19.9 Å². The molecule has 0 saturated carbocycles. The standard InChI is InChI=1S/C5H4N2O2.C5H6N2.CH4/c8-5(9)4-1-2-6-3-7-4;1-5-2-3-6-4-7-5;/h1-3H,(H,8,9);2-4H,1H3;1H4. The van der Waals surface area contributed by atoms with Gasteiger partial charge in [0.05, 0.1) is 0 Å². The van der Waals surface area contributed by atoms with Crippen LogP contribution in [0.4, 0.5) is 0 Å². The van der Waals surface area contributed by atoms with Crippen LogP contribution in [-0.2, 0) is 0 Å². The number of nitrogens with zero attached hydrogens (tertiary/aromatic N) is 4. The van der Waals surface area contributed by atoms with E-state index in [4.69, 9.17) is 5.11 Å². The second-order valence-corrected chi connectivity index (χ2v) is 2.75. The first kappa shape index (κ1) is 14.6. The van der Waals surface area contributed by atoms with Crippen LogP contribution < -0.4 is 0 Å². The number of carboxylic acid groups (broad SMARTS) is 1. The van der Waals surface area contributed by atoms with Gasteiger partial charge in [-0.15, -0.1) is 0 Å². The van der Waals surface area contributed by atoms with Crippen LogP contribution in [0.3, 0.4) is 0 Å². The Hall–Kier alpha value is -2.37. The van der Waals surface area contributed by atoms with E-state index in [9.17, 15) is 4.79 Å². The van der Waals surface area contributed by atoms with Crippen LogP contribution >= 0.6 is 0 Å². The van der Waals surface area contributed by atoms with E-state index in [1.54, 1.807) is 6.20 Å². The molecule has 0 aliphatic rings. The zero-order chi connectivity index (χ0) is 11.8. The predicted octanol–water partition coefficient (Wildman–Crippen LogP) is 1.60. The lowest BCUT2D eigenvalue weighted by Crippen LogP contribution is -1.98. The van der Waals surface area contributed by atoms with Gasteiger partial charge in [0.25, 0.3) is 0 Å². The molecule has 0 bridgehead atoms. The molecule has 2 rings (SSSR count). The first-order chi connectivity index (χ1) is 7.70. The Bertz CT molecular complexity index is 434. The summed E-state index contributed by atoms with van der Waals surface area (Å²) in [5, 5.41) is 8.29. The van der Waals surface area contributed by atoms with Crippen LogP contribution in [0.2, 0.25) is 0 Å². The molecule has 2 aromatic rings. The quantitative estimate of drug-likeness (QED) is 0.806. The molecule has 0 atom stereocenters. The van der Waals surface area contributed by atoms with Gasteiger partial charge in [0.15, 0.2) is 5.69 Å². The van der Waals surface area contributed by atoms with Gasteiger partial charge in [-0.2, -0.15) is 0 Å². The summed E-state index contributed by atoms with van der Waals surface area (Å²) >= 11 is 0. The third-order valence-electron chi connectivity index (χ3n) is 1.53. The maximum absolute atomic E-state index is 10.1. The molecule has 17 heavy (non-hydrogen) atoms. The van der Waals surface area contributed by atoms with Crippen molar-refractivity contribution in [3.05, 3.63) is 48.6 Å². The van der Waals surface area contributed by atoms with E-state index in [1.807, 2.05) is 13.0 Å². The van der Waals surface area contributed by atoms with E-state index < -0.39 is 5.97 Å². The monoisotopic (exact) mass is 234 g/mol. The zero-order valence-corrected chi connectivity index (χ0v) is 8.61. The minimum Gasteiger partial charge on any atom is -0.477 e. The number of carbonyl (C=O) groups is 1. The Morgan fingerprint density at radius 1 is 1.12 bits per heavy atom. The molecule has 0 saturated heterocycles. The van der Waals surface area contributed by atoms with Gasteiger partial charge in [-0.25, -0.2) is 24.7 Å². The van der Waals surface area contributed by atoms with Gasteiger partial charge < -0.3 is 5.11 Å². The molecular weight excluding hydrogens is 220 g/mol. The van der Waals surface area contributed by atoms with Gasteiger partial charge in [0.1, 0.15) is 12.7 Å². The molecule has 0 radical (unpaired) electrons. The van der Waals surface area contributed by atoms with Gasteiger partial charge in [0.2, 0.25) is 0 Å². The number of aromatic carboxylic acids is 1. The Morgan fingerprint density at radius 2 is 1.71 bits per heavy atom. The van der Waals surface area contributed by atoms with Crippen molar-refractivity contribution in [1.29, 1.82) is 0 Å². The van der Waals surface area contributed by atoms with Gasteiger partial charge in [-0.3, -0.25) is 0 Å². The van der Waals surface area contributed by atoms with Crippen LogP contribution in [0.1, 0.15) is 23.6 Å². The average molecular weight is 234 g/mol. The highest BCUT2D eigenvalue weighted by molar-refractivity contribution is 5.84. The summed E-state index contributed by atoms with van der Waals surface area (Å²) in [7, 11) is 0. The predicted molar refractivity (Wildman–Crippen MR) is 62.5 cm³/mol. The number of hydrogen-bond donors (Lipinski definition) is 1. The summed E-state index contributed by atoms with van der Waals surface area (Å²) in [6, 6.07) is 3.20. The van der Waals surface area contributed by atoms with Crippen LogP contribution in [0.25, 0.3) is 0 Å². The Kier molecular flexibility index (Phi) is 6.77. The first-order valence-corrected chi connectivity index (χ1v) is 4.42. The van der Waals surface area contributed by atoms with Crippen molar-refractivity contribution in [3.8, 4) is 0 Å². The van der Waals surface area contributed by atoms with Crippen molar-refractivity contribution >= 4 is 5.97 Å². The zero-order valence-electron chi connectivity index (χ0n) is 8.61. The number of hydrogen-bond acceptors (Lipinski definition) is 5. The molecule has 90 valence electrons. The Labute approximate surface area is 99.4 Å². The summed E-state index contributed by atoms with van der Waals surface area (Å²) in [5.41, 5.74) is 1.03. The average Bonchev–Trinajstić information content (AvgIpc) is 2.32. The highest BCUT2D eigenvalue weighted by Crippen LogP contribution is 1.87. The van der Waals surface area contributed by atoms with Crippen LogP contribution in [0.5, 0.6) is 0 Å². The topological polar surface area (TPSA) is 88.9 Å². The van der Waals surface area contributed by atoms with E-state index in [0.717, 1.165) is 5.69 Å². The summed E-state index contributed by atoms with van der Waals surface area (Å²) in [6.07, 6.45) is 5.84. The minimum atomic E-state index is -1.03. The molecule has 0 aliphatic carbocycles. The Morgan fingerprint density at radius 3 is 1.94 bits per heavy atom. The largest absolute Gasteiger partial charge is 0.477 e. The summed E-state index contributed by atoms with van der Waals surface area (Å²) in [4.78, 5) is 24.7. The lowest BCUT2D eigenvalue weighted by Gasteiger charge is -1.86.